The van der Waals surface area contributed by atoms with Crippen LogP contribution in [0, 0.1) is 3.57 Å². The van der Waals surface area contributed by atoms with Crippen molar-refractivity contribution in [1.29, 1.82) is 0 Å². The second-order valence-electron chi connectivity index (χ2n) is 35.7. The van der Waals surface area contributed by atoms with Crippen molar-refractivity contribution in [3.8, 4) is 23.0 Å². The zero-order valence-corrected chi connectivity index (χ0v) is 78.1. The molecule has 0 aliphatic carbocycles. The largest absolute Gasteiger partial charge is 0.492 e. The summed E-state index contributed by atoms with van der Waals surface area (Å²) in [5.41, 5.74) is 15.5. The Morgan fingerprint density at radius 3 is 0.860 bits per heavy atom. The molecule has 676 valence electrons. The van der Waals surface area contributed by atoms with Crippen LogP contribution in [0.3, 0.4) is 0 Å². The van der Waals surface area contributed by atoms with Crippen molar-refractivity contribution < 1.29 is 77.3 Å². The number of anilines is 2. The summed E-state index contributed by atoms with van der Waals surface area (Å²) in [6.45, 7) is 30.8. The molecule has 0 saturated carbocycles. The van der Waals surface area contributed by atoms with Gasteiger partial charge in [-0.3, -0.25) is 19.2 Å². The Labute approximate surface area is 766 Å². The normalized spacial score (nSPS) is 14.6. The maximum absolute atomic E-state index is 14.2. The van der Waals surface area contributed by atoms with Gasteiger partial charge in [-0.05, 0) is 208 Å². The van der Waals surface area contributed by atoms with Gasteiger partial charge in [-0.25, -0.2) is 4.57 Å². The number of hydrogen-bond acceptors (Lipinski definition) is 10. The number of ether oxygens (including phenoxy) is 6. The van der Waals surface area contributed by atoms with Crippen molar-refractivity contribution >= 4 is 65.4 Å². The summed E-state index contributed by atoms with van der Waals surface area (Å²) in [6.07, 6.45) is 7.29. The molecular weight excluding hydrogens is 1780 g/mol. The zero-order chi connectivity index (χ0) is 93.1. The molecule has 15 nitrogen and oxygen atoms in total. The van der Waals surface area contributed by atoms with Crippen LogP contribution in [0.5, 0.6) is 23.0 Å². The minimum atomic E-state index is -10.7. The summed E-state index contributed by atoms with van der Waals surface area (Å²) < 4.78 is 95.7. The summed E-state index contributed by atoms with van der Waals surface area (Å²) in [5, 5.41) is 12.0. The minimum absolute atomic E-state index is 0.00644. The Hall–Kier alpha value is -12.0. The average molecular weight is 1890 g/mol. The molecule has 12 aromatic rings. The Morgan fingerprint density at radius 2 is 0.589 bits per heavy atom. The second kappa shape index (κ2) is 41.2. The van der Waals surface area contributed by atoms with Gasteiger partial charge in [0.15, 0.2) is 12.4 Å². The van der Waals surface area contributed by atoms with Gasteiger partial charge >= 0.3 is 33.0 Å². The van der Waals surface area contributed by atoms with Gasteiger partial charge in [-0.15, -0.1) is 0 Å². The minimum Gasteiger partial charge on any atom is -0.492 e. The van der Waals surface area contributed by atoms with E-state index in [2.05, 4.69) is 309 Å². The van der Waals surface area contributed by atoms with E-state index in [0.717, 1.165) is 48.1 Å². The van der Waals surface area contributed by atoms with Crippen LogP contribution < -0.4 is 44.8 Å². The number of aryl methyl sites for hydroxylation is 1. The van der Waals surface area contributed by atoms with Crippen LogP contribution in [0.1, 0.15) is 191 Å². The number of pyridine rings is 1. The number of rotatable bonds is 12. The first kappa shape index (κ1) is 97.7. The predicted molar refractivity (Wildman–Crippen MR) is 511 cm³/mol. The molecule has 23 heteroatoms. The van der Waals surface area contributed by atoms with E-state index in [1.165, 1.54) is 22.3 Å². The smallest absolute Gasteiger partial charge is 0.251 e. The number of carbonyl (C=O) groups is 4. The SMILES string of the molecule is C[n+]1cc(C(=O)Nc2ccc(C(c3ccccc3)(c3ccc(C(C)(C)C)cc3)c3ccc(C(C)(C)C)cc3)cc2)cc(C(=O)Nc2ccc(C(c3ccccc3)(c3ccc(C(C)(C)C)cc3)c3ccc(C(C)(C)C)cc3)cc2)c1.F[P-](F)(F)(F)(F)F.O=C1NCCOc2ccc(cc2)OCCOC/C=C/COCCOc2ccc(cc2)OCCNC(=O)c2cc(I)cc1c2. The molecule has 4 N–H and O–H groups in total. The van der Waals surface area contributed by atoms with Crippen LogP contribution in [0.25, 0.3) is 0 Å². The summed E-state index contributed by atoms with van der Waals surface area (Å²) >= 11 is 2.09. The Kier molecular flexibility index (Phi) is 31.2. The van der Waals surface area contributed by atoms with Crippen LogP contribution in [0.15, 0.2) is 304 Å². The Balaban J connectivity index is 0.000000269. The number of halogens is 7. The number of carbonyl (C=O) groups excluding carboxylic acids is 4. The number of benzene rings is 11. The molecule has 0 spiro atoms. The number of amides is 4. The van der Waals surface area contributed by atoms with Gasteiger partial charge in [0, 0.05) is 26.1 Å². The van der Waals surface area contributed by atoms with E-state index in [0.29, 0.717) is 109 Å². The van der Waals surface area contributed by atoms with Gasteiger partial charge in [0.2, 0.25) is 0 Å². The second-order valence-corrected chi connectivity index (χ2v) is 38.9. The number of nitrogens with zero attached hydrogens (tertiary/aromatic N) is 1. The molecule has 4 amide bonds. The molecule has 4 aliphatic rings. The Bertz CT molecular complexity index is 5330. The molecule has 4 aliphatic heterocycles. The van der Waals surface area contributed by atoms with Crippen LogP contribution >= 0.6 is 30.4 Å². The van der Waals surface area contributed by atoms with Crippen LogP contribution in [0.2, 0.25) is 0 Å². The fourth-order valence-electron chi connectivity index (χ4n) is 15.1. The van der Waals surface area contributed by atoms with E-state index >= 15 is 0 Å². The van der Waals surface area contributed by atoms with Crippen LogP contribution in [0.4, 0.5) is 36.6 Å². The molecule has 11 aromatic carbocycles. The number of aromatic nitrogens is 1. The third-order valence-corrected chi connectivity index (χ3v) is 22.4. The molecule has 129 heavy (non-hydrogen) atoms. The van der Waals surface area contributed by atoms with E-state index in [1.807, 2.05) is 67.7 Å². The van der Waals surface area contributed by atoms with E-state index in [4.69, 9.17) is 28.4 Å². The number of hydrogen-bond donors (Lipinski definition) is 4. The predicted octanol–water partition coefficient (Wildman–Crippen LogP) is 24.6. The molecule has 6 bridgehead atoms. The molecule has 0 atom stereocenters. The van der Waals surface area contributed by atoms with Crippen molar-refractivity contribution in [3.63, 3.8) is 0 Å². The first-order valence-corrected chi connectivity index (χ1v) is 45.9. The standard InChI is InChI=1S/C74H77N3O2.C32H35IN2O8.F6P/c1-69(2,3)53-24-32-59(33-25-53)73(57-20-16-14-17-21-57,60-34-26-54(27-35-60)70(4,5)6)63-40-44-65(45-41-63)75-67(78)51-48-52(50-77(13)49-51)68(79)76-66-46-42-64(43-47-66)74(58-22-18-15-19-23-58,61-36-28-55(29-37-61)71(7,8)9)62-38-30-56(31-39-62)72(10,11)12;33-26-22-24-21-25(23-26)32(37)35-12-16-41-28-5-9-30(10-6-28)43-20-18-39-14-2-1-13-38-17-19-42-29-7-3-27(4-8-29)40-15-11-34-31(24)36;1-7(2,3,4,5)6/h14-50H,1-13H3,(H-,75,76,78,79);1-10,21-23H,11-20H2,(H,34,36)(H,35,37);/q;;-1/p+1/b;2-1+;. The molecule has 0 radical (unpaired) electrons. The quantitative estimate of drug-likeness (QED) is 0.0230. The van der Waals surface area contributed by atoms with E-state index in [1.54, 1.807) is 65.5 Å². The summed E-state index contributed by atoms with van der Waals surface area (Å²) in [7, 11) is -8.83. The van der Waals surface area contributed by atoms with Crippen molar-refractivity contribution in [2.75, 3.05) is 76.6 Å². The van der Waals surface area contributed by atoms with E-state index in [-0.39, 0.29) is 58.5 Å². The average Bonchev–Trinajstić information content (AvgIpc) is 0.732. The third-order valence-electron chi connectivity index (χ3n) is 21.8. The molecular formula is C106H113F6IN5O10P. The maximum atomic E-state index is 14.2. The van der Waals surface area contributed by atoms with E-state index < -0.39 is 18.6 Å². The monoisotopic (exact) mass is 1890 g/mol. The van der Waals surface area contributed by atoms with Gasteiger partial charge < -0.3 is 49.7 Å². The molecule has 0 fully saturated rings. The molecule has 1 aromatic heterocycles. The van der Waals surface area contributed by atoms with Gasteiger partial charge in [0.05, 0.1) is 50.3 Å². The van der Waals surface area contributed by atoms with Crippen molar-refractivity contribution in [2.24, 2.45) is 7.05 Å². The van der Waals surface area contributed by atoms with Gasteiger partial charge in [-0.1, -0.05) is 277 Å². The fraction of sp³-hybridized carbons (Fsp3) is 0.274. The van der Waals surface area contributed by atoms with Crippen molar-refractivity contribution in [3.05, 3.63) is 396 Å². The first-order valence-electron chi connectivity index (χ1n) is 42.7. The molecule has 0 saturated heterocycles. The zero-order valence-electron chi connectivity index (χ0n) is 75.1. The molecule has 0 unspecified atom stereocenters. The Morgan fingerprint density at radius 1 is 0.341 bits per heavy atom. The van der Waals surface area contributed by atoms with Gasteiger partial charge in [0.25, 0.3) is 23.6 Å². The van der Waals surface area contributed by atoms with Crippen molar-refractivity contribution in [1.82, 2.24) is 10.6 Å². The van der Waals surface area contributed by atoms with Crippen LogP contribution in [-0.2, 0) is 49.0 Å². The van der Waals surface area contributed by atoms with Gasteiger partial charge in [0.1, 0.15) is 67.6 Å². The summed E-state index contributed by atoms with van der Waals surface area (Å²) in [6, 6.07) is 95.3. The molecule has 16 rings (SSSR count). The first-order chi connectivity index (χ1) is 60.9. The van der Waals surface area contributed by atoms with Crippen molar-refractivity contribution in [2.45, 2.75) is 116 Å². The topological polar surface area (TPSA) is 176 Å². The number of nitrogens with one attached hydrogen (secondary N) is 4. The third kappa shape index (κ3) is 27.8. The summed E-state index contributed by atoms with van der Waals surface area (Å²) in [4.78, 5) is 54.0. The maximum Gasteiger partial charge on any atom is 0.251 e. The van der Waals surface area contributed by atoms with Gasteiger partial charge in [-0.2, -0.15) is 0 Å². The fourth-order valence-corrected chi connectivity index (χ4v) is 15.8. The van der Waals surface area contributed by atoms with E-state index in [9.17, 15) is 44.4 Å². The summed E-state index contributed by atoms with van der Waals surface area (Å²) in [5.74, 6) is 1.51. The van der Waals surface area contributed by atoms with Crippen LogP contribution in [-0.4, -0.2) is 89.6 Å². The molecule has 5 heterocycles.